The maximum atomic E-state index is 13.6. The molecule has 1 aromatic carbocycles. The van der Waals surface area contributed by atoms with E-state index in [1.807, 2.05) is 10.6 Å². The number of benzene rings is 1. The van der Waals surface area contributed by atoms with Crippen LogP contribution >= 0.6 is 0 Å². The lowest BCUT2D eigenvalue weighted by Crippen LogP contribution is -2.18. The molecule has 0 fully saturated rings. The third-order valence-electron chi connectivity index (χ3n) is 4.11. The van der Waals surface area contributed by atoms with Gasteiger partial charge in [0.05, 0.1) is 6.07 Å². The van der Waals surface area contributed by atoms with Gasteiger partial charge in [0.25, 0.3) is 0 Å². The Morgan fingerprint density at radius 1 is 1.30 bits per heavy atom. The number of hydrogen-bond acceptors (Lipinski definition) is 4. The molecule has 5 nitrogen and oxygen atoms in total. The van der Waals surface area contributed by atoms with Crippen LogP contribution in [-0.2, 0) is 13.0 Å². The van der Waals surface area contributed by atoms with Crippen LogP contribution in [0, 0.1) is 24.1 Å². The minimum absolute atomic E-state index is 0.194. The van der Waals surface area contributed by atoms with Gasteiger partial charge in [0.2, 0.25) is 0 Å². The summed E-state index contributed by atoms with van der Waals surface area (Å²) in [6.45, 7) is 2.43. The Morgan fingerprint density at radius 3 is 2.87 bits per heavy atom. The SMILES string of the molecule is Cc1cc(F)cc(C(=O)[C@H](C#N)c2nnc3n2CCCCC3)c1. The number of fused-ring (bicyclic) bond motifs is 1. The van der Waals surface area contributed by atoms with E-state index in [0.29, 0.717) is 17.9 Å². The van der Waals surface area contributed by atoms with Crippen molar-refractivity contribution in [3.05, 3.63) is 46.8 Å². The Kier molecular flexibility index (Phi) is 4.20. The predicted molar refractivity (Wildman–Crippen MR) is 81.4 cm³/mol. The summed E-state index contributed by atoms with van der Waals surface area (Å²) < 4.78 is 15.4. The van der Waals surface area contributed by atoms with Crippen molar-refractivity contribution in [3.63, 3.8) is 0 Å². The molecule has 0 unspecified atom stereocenters. The monoisotopic (exact) mass is 312 g/mol. The number of aryl methyl sites for hydroxylation is 2. The number of Topliss-reactive ketones (excluding diaryl/α,β-unsaturated/α-hetero) is 1. The molecule has 6 heteroatoms. The number of rotatable bonds is 3. The number of hydrogen-bond donors (Lipinski definition) is 0. The van der Waals surface area contributed by atoms with Crippen molar-refractivity contribution in [1.29, 1.82) is 5.26 Å². The smallest absolute Gasteiger partial charge is 0.187 e. The molecule has 0 saturated carbocycles. The molecule has 2 heterocycles. The minimum Gasteiger partial charge on any atom is -0.313 e. The maximum Gasteiger partial charge on any atom is 0.187 e. The van der Waals surface area contributed by atoms with Gasteiger partial charge in [-0.3, -0.25) is 4.79 Å². The molecule has 0 saturated heterocycles. The standard InChI is InChI=1S/C17H17FN4O/c1-11-7-12(9-13(18)8-11)16(23)14(10-19)17-21-20-15-5-3-2-4-6-22(15)17/h7-9,14H,2-6H2,1H3/t14-/m0/s1. The highest BCUT2D eigenvalue weighted by Gasteiger charge is 2.29. The number of ketones is 1. The molecule has 0 N–H and O–H groups in total. The number of carbonyl (C=O) groups is 1. The van der Waals surface area contributed by atoms with Gasteiger partial charge in [0, 0.05) is 18.5 Å². The molecule has 3 rings (SSSR count). The number of halogens is 1. The number of carbonyl (C=O) groups excluding carboxylic acids is 1. The van der Waals surface area contributed by atoms with E-state index in [1.54, 1.807) is 13.0 Å². The van der Waals surface area contributed by atoms with E-state index in [2.05, 4.69) is 10.2 Å². The van der Waals surface area contributed by atoms with Crippen LogP contribution in [0.25, 0.3) is 0 Å². The summed E-state index contributed by atoms with van der Waals surface area (Å²) in [4.78, 5) is 12.7. The summed E-state index contributed by atoms with van der Waals surface area (Å²) in [6, 6.07) is 6.12. The number of nitriles is 1. The van der Waals surface area contributed by atoms with Crippen molar-refractivity contribution < 1.29 is 9.18 Å². The molecular formula is C17H17FN4O. The van der Waals surface area contributed by atoms with Crippen LogP contribution in [0.2, 0.25) is 0 Å². The van der Waals surface area contributed by atoms with Gasteiger partial charge in [-0.1, -0.05) is 6.42 Å². The van der Waals surface area contributed by atoms with Crippen LogP contribution < -0.4 is 0 Å². The Morgan fingerprint density at radius 2 is 2.13 bits per heavy atom. The first-order chi connectivity index (χ1) is 11.1. The summed E-state index contributed by atoms with van der Waals surface area (Å²) in [5.74, 6) is -0.785. The van der Waals surface area contributed by atoms with Crippen molar-refractivity contribution >= 4 is 5.78 Å². The summed E-state index contributed by atoms with van der Waals surface area (Å²) in [7, 11) is 0. The van der Waals surface area contributed by atoms with Crippen molar-refractivity contribution in [2.45, 2.75) is 45.1 Å². The van der Waals surface area contributed by atoms with E-state index in [4.69, 9.17) is 0 Å². The number of nitrogens with zero attached hydrogens (tertiary/aromatic N) is 4. The molecule has 0 spiro atoms. The zero-order chi connectivity index (χ0) is 16.4. The lowest BCUT2D eigenvalue weighted by atomic mass is 9.96. The Balaban J connectivity index is 1.99. The maximum absolute atomic E-state index is 13.6. The van der Waals surface area contributed by atoms with E-state index in [9.17, 15) is 14.4 Å². The summed E-state index contributed by atoms with van der Waals surface area (Å²) in [5.41, 5.74) is 0.838. The van der Waals surface area contributed by atoms with Crippen LogP contribution in [0.15, 0.2) is 18.2 Å². The fourth-order valence-electron chi connectivity index (χ4n) is 3.00. The lowest BCUT2D eigenvalue weighted by molar-refractivity contribution is 0.0974. The number of aromatic nitrogens is 3. The lowest BCUT2D eigenvalue weighted by Gasteiger charge is -2.11. The quantitative estimate of drug-likeness (QED) is 0.817. The van der Waals surface area contributed by atoms with Crippen molar-refractivity contribution in [1.82, 2.24) is 14.8 Å². The molecule has 0 amide bonds. The molecule has 1 aliphatic heterocycles. The normalized spacial score (nSPS) is 15.3. The summed E-state index contributed by atoms with van der Waals surface area (Å²) in [6.07, 6.45) is 3.91. The van der Waals surface area contributed by atoms with Gasteiger partial charge >= 0.3 is 0 Å². The first kappa shape index (κ1) is 15.3. The van der Waals surface area contributed by atoms with Crippen molar-refractivity contribution in [3.8, 4) is 6.07 Å². The minimum atomic E-state index is -1.06. The van der Waals surface area contributed by atoms with Gasteiger partial charge in [-0.25, -0.2) is 4.39 Å². The van der Waals surface area contributed by atoms with Crippen LogP contribution in [0.5, 0.6) is 0 Å². The molecule has 1 atom stereocenters. The van der Waals surface area contributed by atoms with Crippen LogP contribution in [0.1, 0.15) is 52.8 Å². The van der Waals surface area contributed by atoms with E-state index < -0.39 is 17.5 Å². The molecule has 118 valence electrons. The van der Waals surface area contributed by atoms with Crippen molar-refractivity contribution in [2.75, 3.05) is 0 Å². The molecule has 0 bridgehead atoms. The Bertz CT molecular complexity index is 770. The highest BCUT2D eigenvalue weighted by atomic mass is 19.1. The van der Waals surface area contributed by atoms with E-state index >= 15 is 0 Å². The Hall–Kier alpha value is -2.55. The molecule has 1 aliphatic rings. The average Bonchev–Trinajstić information content (AvgIpc) is 2.76. The molecule has 0 aliphatic carbocycles. The fourth-order valence-corrected chi connectivity index (χ4v) is 3.00. The van der Waals surface area contributed by atoms with Gasteiger partial charge < -0.3 is 4.57 Å². The largest absolute Gasteiger partial charge is 0.313 e. The van der Waals surface area contributed by atoms with Gasteiger partial charge in [-0.15, -0.1) is 10.2 Å². The average molecular weight is 312 g/mol. The molecular weight excluding hydrogens is 295 g/mol. The van der Waals surface area contributed by atoms with Crippen molar-refractivity contribution in [2.24, 2.45) is 0 Å². The summed E-state index contributed by atoms with van der Waals surface area (Å²) >= 11 is 0. The van der Waals surface area contributed by atoms with E-state index in [-0.39, 0.29) is 5.56 Å². The zero-order valence-electron chi connectivity index (χ0n) is 12.9. The van der Waals surface area contributed by atoms with Gasteiger partial charge in [0.15, 0.2) is 17.5 Å². The second kappa shape index (κ2) is 6.29. The van der Waals surface area contributed by atoms with Gasteiger partial charge in [-0.05, 0) is 43.5 Å². The van der Waals surface area contributed by atoms with Crippen LogP contribution in [-0.4, -0.2) is 20.5 Å². The van der Waals surface area contributed by atoms with Gasteiger partial charge in [-0.2, -0.15) is 5.26 Å². The molecule has 0 radical (unpaired) electrons. The second-order valence-electron chi connectivity index (χ2n) is 5.88. The molecule has 23 heavy (non-hydrogen) atoms. The first-order valence-electron chi connectivity index (χ1n) is 7.73. The van der Waals surface area contributed by atoms with E-state index in [1.165, 1.54) is 12.1 Å². The highest BCUT2D eigenvalue weighted by Crippen LogP contribution is 2.24. The van der Waals surface area contributed by atoms with Crippen LogP contribution in [0.3, 0.4) is 0 Å². The highest BCUT2D eigenvalue weighted by molar-refractivity contribution is 6.02. The first-order valence-corrected chi connectivity index (χ1v) is 7.73. The fraction of sp³-hybridized carbons (Fsp3) is 0.412. The van der Waals surface area contributed by atoms with Gasteiger partial charge in [0.1, 0.15) is 11.6 Å². The third kappa shape index (κ3) is 3.00. The van der Waals surface area contributed by atoms with E-state index in [0.717, 1.165) is 31.5 Å². The Labute approximate surface area is 133 Å². The topological polar surface area (TPSA) is 71.6 Å². The molecule has 2 aromatic rings. The predicted octanol–water partition coefficient (Wildman–Crippen LogP) is 2.94. The zero-order valence-corrected chi connectivity index (χ0v) is 12.9. The van der Waals surface area contributed by atoms with Crippen LogP contribution in [0.4, 0.5) is 4.39 Å². The summed E-state index contributed by atoms with van der Waals surface area (Å²) in [5, 5.41) is 17.7. The second-order valence-corrected chi connectivity index (χ2v) is 5.88. The molecule has 1 aromatic heterocycles. The third-order valence-corrected chi connectivity index (χ3v) is 4.11.